The molecule has 1 unspecified atom stereocenters. The van der Waals surface area contributed by atoms with E-state index in [1.165, 1.54) is 0 Å². The lowest BCUT2D eigenvalue weighted by molar-refractivity contribution is -0.117. The van der Waals surface area contributed by atoms with Crippen LogP contribution in [0.4, 0.5) is 5.69 Å². The van der Waals surface area contributed by atoms with E-state index in [-0.39, 0.29) is 5.91 Å². The van der Waals surface area contributed by atoms with Crippen molar-refractivity contribution >= 4 is 22.5 Å². The Bertz CT molecular complexity index is 1000. The summed E-state index contributed by atoms with van der Waals surface area (Å²) in [5, 5.41) is 10.7. The van der Waals surface area contributed by atoms with Crippen LogP contribution in [0.15, 0.2) is 67.1 Å². The molecule has 2 aromatic carbocycles. The number of nitrogens with two attached hydrogens (primary N) is 1. The number of hydrogen-bond donors (Lipinski definition) is 4. The summed E-state index contributed by atoms with van der Waals surface area (Å²) in [5.74, 6) is -0.252. The monoisotopic (exact) mass is 331 g/mol. The lowest BCUT2D eigenvalue weighted by Crippen LogP contribution is -2.27. The first-order valence-electron chi connectivity index (χ1n) is 7.94. The largest absolute Gasteiger partial charge is 0.359 e. The number of rotatable bonds is 4. The standard InChI is InChI=1S/C19H17N5O/c20-17(12-5-2-1-3-6-12)19(25)24-16-8-4-7-14-15(11-21-18(14)16)13-9-22-23-10-13/h1-11,17,21H,20H2,(H,22,23)(H,24,25). The zero-order valence-corrected chi connectivity index (χ0v) is 13.4. The lowest BCUT2D eigenvalue weighted by atomic mass is 10.1. The topological polar surface area (TPSA) is 99.6 Å². The Kier molecular flexibility index (Phi) is 3.80. The molecule has 6 heteroatoms. The van der Waals surface area contributed by atoms with Crippen molar-refractivity contribution in [2.24, 2.45) is 5.73 Å². The SMILES string of the molecule is NC(C(=O)Nc1cccc2c(-c3cn[nH]c3)c[nH]c12)c1ccccc1. The molecule has 0 aliphatic rings. The van der Waals surface area contributed by atoms with Crippen LogP contribution in [-0.2, 0) is 4.79 Å². The molecule has 0 saturated heterocycles. The van der Waals surface area contributed by atoms with Gasteiger partial charge >= 0.3 is 0 Å². The summed E-state index contributed by atoms with van der Waals surface area (Å²) in [6.45, 7) is 0. The Morgan fingerprint density at radius 3 is 2.68 bits per heavy atom. The summed E-state index contributed by atoms with van der Waals surface area (Å²) >= 11 is 0. The molecule has 6 nitrogen and oxygen atoms in total. The Morgan fingerprint density at radius 1 is 1.08 bits per heavy atom. The first kappa shape index (κ1) is 15.2. The van der Waals surface area contributed by atoms with Gasteiger partial charge in [-0.2, -0.15) is 5.10 Å². The van der Waals surface area contributed by atoms with Crippen molar-refractivity contribution in [1.29, 1.82) is 0 Å². The second kappa shape index (κ2) is 6.26. The number of carbonyl (C=O) groups excluding carboxylic acids is 1. The third-order valence-electron chi connectivity index (χ3n) is 4.22. The molecule has 2 aromatic heterocycles. The fraction of sp³-hybridized carbons (Fsp3) is 0.0526. The summed E-state index contributed by atoms with van der Waals surface area (Å²) in [5.41, 5.74) is 10.4. The molecule has 124 valence electrons. The summed E-state index contributed by atoms with van der Waals surface area (Å²) in [6.07, 6.45) is 5.50. The van der Waals surface area contributed by atoms with E-state index >= 15 is 0 Å². The number of hydrogen-bond acceptors (Lipinski definition) is 3. The molecule has 0 radical (unpaired) electrons. The smallest absolute Gasteiger partial charge is 0.245 e. The van der Waals surface area contributed by atoms with Gasteiger partial charge in [-0.25, -0.2) is 0 Å². The molecule has 0 spiro atoms. The van der Waals surface area contributed by atoms with Gasteiger partial charge in [0.05, 0.1) is 17.4 Å². The van der Waals surface area contributed by atoms with Gasteiger partial charge in [-0.15, -0.1) is 0 Å². The van der Waals surface area contributed by atoms with Gasteiger partial charge < -0.3 is 16.0 Å². The normalized spacial score (nSPS) is 12.2. The molecule has 0 aliphatic heterocycles. The van der Waals surface area contributed by atoms with Gasteiger partial charge in [-0.3, -0.25) is 9.89 Å². The first-order chi connectivity index (χ1) is 12.2. The van der Waals surface area contributed by atoms with Crippen LogP contribution in [0.2, 0.25) is 0 Å². The maximum Gasteiger partial charge on any atom is 0.245 e. The Hall–Kier alpha value is -3.38. The number of H-pyrrole nitrogens is 2. The number of nitrogens with zero attached hydrogens (tertiary/aromatic N) is 1. The third kappa shape index (κ3) is 2.79. The van der Waals surface area contributed by atoms with E-state index in [1.54, 1.807) is 6.20 Å². The minimum atomic E-state index is -0.722. The van der Waals surface area contributed by atoms with E-state index in [9.17, 15) is 4.79 Å². The molecular formula is C19H17N5O. The van der Waals surface area contributed by atoms with Crippen LogP contribution in [0.25, 0.3) is 22.0 Å². The number of benzene rings is 2. The van der Waals surface area contributed by atoms with Crippen LogP contribution < -0.4 is 11.1 Å². The van der Waals surface area contributed by atoms with Gasteiger partial charge in [0.2, 0.25) is 5.91 Å². The van der Waals surface area contributed by atoms with Gasteiger partial charge in [0, 0.05) is 28.9 Å². The highest BCUT2D eigenvalue weighted by Crippen LogP contribution is 2.32. The van der Waals surface area contributed by atoms with Crippen LogP contribution in [0.5, 0.6) is 0 Å². The number of fused-ring (bicyclic) bond motifs is 1. The van der Waals surface area contributed by atoms with E-state index in [4.69, 9.17) is 5.73 Å². The van der Waals surface area contributed by atoms with Crippen molar-refractivity contribution in [3.05, 3.63) is 72.7 Å². The highest BCUT2D eigenvalue weighted by molar-refractivity contribution is 6.06. The van der Waals surface area contributed by atoms with Crippen molar-refractivity contribution in [1.82, 2.24) is 15.2 Å². The highest BCUT2D eigenvalue weighted by Gasteiger charge is 2.17. The van der Waals surface area contributed by atoms with E-state index in [1.807, 2.05) is 60.9 Å². The van der Waals surface area contributed by atoms with Gasteiger partial charge in [-0.05, 0) is 11.6 Å². The lowest BCUT2D eigenvalue weighted by Gasteiger charge is -2.13. The minimum Gasteiger partial charge on any atom is -0.359 e. The van der Waals surface area contributed by atoms with Crippen LogP contribution in [0.3, 0.4) is 0 Å². The summed E-state index contributed by atoms with van der Waals surface area (Å²) in [6, 6.07) is 14.4. The maximum atomic E-state index is 12.5. The van der Waals surface area contributed by atoms with Crippen LogP contribution in [-0.4, -0.2) is 21.1 Å². The number of amides is 1. The molecule has 0 aliphatic carbocycles. The van der Waals surface area contributed by atoms with E-state index in [2.05, 4.69) is 20.5 Å². The van der Waals surface area contributed by atoms with Gasteiger partial charge in [0.25, 0.3) is 0 Å². The summed E-state index contributed by atoms with van der Waals surface area (Å²) in [7, 11) is 0. The molecule has 4 aromatic rings. The van der Waals surface area contributed by atoms with Crippen LogP contribution in [0, 0.1) is 0 Å². The number of nitrogens with one attached hydrogen (secondary N) is 3. The highest BCUT2D eigenvalue weighted by atomic mass is 16.2. The Morgan fingerprint density at radius 2 is 1.92 bits per heavy atom. The predicted molar refractivity (Wildman–Crippen MR) is 97.9 cm³/mol. The minimum absolute atomic E-state index is 0.252. The van der Waals surface area contributed by atoms with Crippen LogP contribution in [0.1, 0.15) is 11.6 Å². The molecule has 2 heterocycles. The van der Waals surface area contributed by atoms with E-state index < -0.39 is 6.04 Å². The number of aromatic nitrogens is 3. The van der Waals surface area contributed by atoms with Gasteiger partial charge in [0.15, 0.2) is 0 Å². The Labute approximate surface area is 144 Å². The number of para-hydroxylation sites is 1. The van der Waals surface area contributed by atoms with Crippen LogP contribution >= 0.6 is 0 Å². The zero-order chi connectivity index (χ0) is 17.2. The second-order valence-electron chi connectivity index (χ2n) is 5.80. The van der Waals surface area contributed by atoms with Gasteiger partial charge in [-0.1, -0.05) is 42.5 Å². The molecule has 0 bridgehead atoms. The zero-order valence-electron chi connectivity index (χ0n) is 13.4. The average molecular weight is 331 g/mol. The summed E-state index contributed by atoms with van der Waals surface area (Å²) < 4.78 is 0. The first-order valence-corrected chi connectivity index (χ1v) is 7.94. The average Bonchev–Trinajstić information content (AvgIpc) is 3.31. The number of aromatic amines is 2. The number of carbonyl (C=O) groups is 1. The summed E-state index contributed by atoms with van der Waals surface area (Å²) in [4.78, 5) is 15.8. The fourth-order valence-corrected chi connectivity index (χ4v) is 2.92. The molecule has 4 rings (SSSR count). The predicted octanol–water partition coefficient (Wildman–Crippen LogP) is 3.20. The van der Waals surface area contributed by atoms with E-state index in [0.29, 0.717) is 5.69 Å². The molecule has 1 amide bonds. The number of anilines is 1. The quantitative estimate of drug-likeness (QED) is 0.462. The molecule has 0 fully saturated rings. The molecule has 0 saturated carbocycles. The molecule has 25 heavy (non-hydrogen) atoms. The molecular weight excluding hydrogens is 314 g/mol. The van der Waals surface area contributed by atoms with Gasteiger partial charge in [0.1, 0.15) is 6.04 Å². The van der Waals surface area contributed by atoms with Crippen molar-refractivity contribution in [2.45, 2.75) is 6.04 Å². The maximum absolute atomic E-state index is 12.5. The van der Waals surface area contributed by atoms with Crippen molar-refractivity contribution in [3.63, 3.8) is 0 Å². The second-order valence-corrected chi connectivity index (χ2v) is 5.80. The van der Waals surface area contributed by atoms with E-state index in [0.717, 1.165) is 27.6 Å². The third-order valence-corrected chi connectivity index (χ3v) is 4.22. The molecule has 5 N–H and O–H groups in total. The van der Waals surface area contributed by atoms with Crippen molar-refractivity contribution < 1.29 is 4.79 Å². The Balaban J connectivity index is 1.65. The van der Waals surface area contributed by atoms with Crippen molar-refractivity contribution in [3.8, 4) is 11.1 Å². The molecule has 1 atom stereocenters. The fourth-order valence-electron chi connectivity index (χ4n) is 2.92. The van der Waals surface area contributed by atoms with Crippen molar-refractivity contribution in [2.75, 3.05) is 5.32 Å².